The van der Waals surface area contributed by atoms with Crippen molar-refractivity contribution in [2.24, 2.45) is 0 Å². The smallest absolute Gasteiger partial charge is 0.338 e. The number of nitrogens with one attached hydrogen (secondary N) is 1. The number of hydrogen-bond donors (Lipinski definition) is 1. The van der Waals surface area contributed by atoms with Crippen LogP contribution in [0.3, 0.4) is 0 Å². The molecule has 1 amide bonds. The zero-order valence-corrected chi connectivity index (χ0v) is 17.1. The molecule has 0 heterocycles. The molecule has 2 aromatic rings. The van der Waals surface area contributed by atoms with E-state index in [1.807, 2.05) is 0 Å². The van der Waals surface area contributed by atoms with Gasteiger partial charge in [-0.3, -0.25) is 4.79 Å². The van der Waals surface area contributed by atoms with Crippen molar-refractivity contribution >= 4 is 21.9 Å². The molecule has 0 radical (unpaired) electrons. The molecule has 7 nitrogen and oxygen atoms in total. The number of rotatable bonds is 9. The number of carbonyl (C=O) groups is 2. The van der Waals surface area contributed by atoms with Crippen molar-refractivity contribution in [2.75, 3.05) is 19.7 Å². The van der Waals surface area contributed by atoms with Gasteiger partial charge in [0.05, 0.1) is 17.0 Å². The number of esters is 1. The van der Waals surface area contributed by atoms with Crippen LogP contribution >= 0.6 is 0 Å². The Morgan fingerprint density at radius 3 is 2.60 bits per heavy atom. The number of sulfonamides is 1. The summed E-state index contributed by atoms with van der Waals surface area (Å²) in [4.78, 5) is 25.9. The summed E-state index contributed by atoms with van der Waals surface area (Å²) in [5.74, 6) is 0.436. The van der Waals surface area contributed by atoms with Crippen LogP contribution in [0, 0.1) is 18.2 Å². The van der Waals surface area contributed by atoms with Crippen LogP contribution in [-0.2, 0) is 26.1 Å². The topological polar surface area (TPSA) is 92.8 Å². The number of carbonyl (C=O) groups excluding carboxylic acids is 2. The number of terminal acetylenes is 1. The van der Waals surface area contributed by atoms with E-state index < -0.39 is 34.3 Å². The van der Waals surface area contributed by atoms with E-state index >= 15 is 0 Å². The highest BCUT2D eigenvalue weighted by atomic mass is 32.2. The van der Waals surface area contributed by atoms with Crippen molar-refractivity contribution in [3.8, 4) is 12.3 Å². The van der Waals surface area contributed by atoms with Gasteiger partial charge in [0.1, 0.15) is 5.82 Å². The summed E-state index contributed by atoms with van der Waals surface area (Å²) in [5, 5.41) is 0. The van der Waals surface area contributed by atoms with Gasteiger partial charge in [0.2, 0.25) is 10.0 Å². The molecule has 0 atom stereocenters. The number of likely N-dealkylation sites (N-methyl/N-ethyl adjacent to an activating group) is 1. The Hall–Kier alpha value is -3.22. The van der Waals surface area contributed by atoms with Crippen molar-refractivity contribution in [1.29, 1.82) is 0 Å². The van der Waals surface area contributed by atoms with E-state index in [0.29, 0.717) is 12.1 Å². The molecule has 0 unspecified atom stereocenters. The predicted molar refractivity (Wildman–Crippen MR) is 108 cm³/mol. The molecular formula is C21H21FN2O5S. The van der Waals surface area contributed by atoms with Gasteiger partial charge in [-0.05, 0) is 42.8 Å². The Morgan fingerprint density at radius 1 is 1.20 bits per heavy atom. The zero-order chi connectivity index (χ0) is 22.1. The summed E-state index contributed by atoms with van der Waals surface area (Å²) in [5.41, 5.74) is 0.577. The number of ether oxygens (including phenoxy) is 1. The fourth-order valence-corrected chi connectivity index (χ4v) is 3.52. The lowest BCUT2D eigenvalue weighted by atomic mass is 10.2. The van der Waals surface area contributed by atoms with Gasteiger partial charge in [0, 0.05) is 13.1 Å². The minimum Gasteiger partial charge on any atom is -0.452 e. The quantitative estimate of drug-likeness (QED) is 0.483. The van der Waals surface area contributed by atoms with Crippen molar-refractivity contribution in [3.05, 3.63) is 65.5 Å². The van der Waals surface area contributed by atoms with Crippen LogP contribution in [0.15, 0.2) is 53.4 Å². The molecule has 0 saturated heterocycles. The van der Waals surface area contributed by atoms with Crippen LogP contribution in [0.25, 0.3) is 0 Å². The van der Waals surface area contributed by atoms with Crippen LogP contribution in [0.2, 0.25) is 0 Å². The minimum absolute atomic E-state index is 0.0282. The lowest BCUT2D eigenvalue weighted by Crippen LogP contribution is -2.34. The van der Waals surface area contributed by atoms with E-state index in [0.717, 1.165) is 6.07 Å². The number of halogens is 1. The summed E-state index contributed by atoms with van der Waals surface area (Å²) in [6.07, 6.45) is 5.05. The largest absolute Gasteiger partial charge is 0.452 e. The van der Waals surface area contributed by atoms with E-state index in [-0.39, 0.29) is 23.5 Å². The van der Waals surface area contributed by atoms with Crippen molar-refractivity contribution < 1.29 is 27.1 Å². The molecular weight excluding hydrogens is 411 g/mol. The molecule has 1 N–H and O–H groups in total. The molecule has 0 aliphatic rings. The van der Waals surface area contributed by atoms with Gasteiger partial charge in [-0.25, -0.2) is 17.6 Å². The maximum Gasteiger partial charge on any atom is 0.338 e. The van der Waals surface area contributed by atoms with E-state index in [2.05, 4.69) is 10.6 Å². The Balaban J connectivity index is 2.01. The molecule has 0 aliphatic carbocycles. The Bertz CT molecular complexity index is 1060. The second kappa shape index (κ2) is 10.5. The highest BCUT2D eigenvalue weighted by molar-refractivity contribution is 7.89. The fraction of sp³-hybridized carbons (Fsp3) is 0.238. The second-order valence-corrected chi connectivity index (χ2v) is 7.94. The molecule has 0 fully saturated rings. The van der Waals surface area contributed by atoms with Crippen LogP contribution < -0.4 is 4.72 Å². The third-order valence-electron chi connectivity index (χ3n) is 4.07. The molecule has 158 valence electrons. The standard InChI is InChI=1S/C21H21FN2O5S/c1-3-11-23-30(27,28)19-10-6-8-17(13-19)21(26)29-15-20(25)24(4-2)14-16-7-5-9-18(22)12-16/h1,5-10,12-13,23H,4,11,14-15H2,2H3. The molecule has 2 rings (SSSR count). The first kappa shape index (κ1) is 23.1. The number of amides is 1. The van der Waals surface area contributed by atoms with Gasteiger partial charge < -0.3 is 9.64 Å². The molecule has 30 heavy (non-hydrogen) atoms. The van der Waals surface area contributed by atoms with E-state index in [9.17, 15) is 22.4 Å². The molecule has 0 aliphatic heterocycles. The Labute approximate surface area is 174 Å². The van der Waals surface area contributed by atoms with Crippen LogP contribution in [-0.4, -0.2) is 44.9 Å². The van der Waals surface area contributed by atoms with Crippen LogP contribution in [0.4, 0.5) is 4.39 Å². The molecule has 0 saturated carbocycles. The van der Waals surface area contributed by atoms with E-state index in [1.165, 1.54) is 35.2 Å². The molecule has 2 aromatic carbocycles. The lowest BCUT2D eigenvalue weighted by molar-refractivity contribution is -0.134. The highest BCUT2D eigenvalue weighted by Gasteiger charge is 2.19. The zero-order valence-electron chi connectivity index (χ0n) is 16.3. The monoisotopic (exact) mass is 432 g/mol. The average Bonchev–Trinajstić information content (AvgIpc) is 2.74. The first-order valence-electron chi connectivity index (χ1n) is 8.99. The maximum absolute atomic E-state index is 13.3. The van der Waals surface area contributed by atoms with Crippen molar-refractivity contribution in [2.45, 2.75) is 18.4 Å². The van der Waals surface area contributed by atoms with Crippen LogP contribution in [0.1, 0.15) is 22.8 Å². The van der Waals surface area contributed by atoms with Gasteiger partial charge >= 0.3 is 5.97 Å². The first-order chi connectivity index (χ1) is 14.3. The normalized spacial score (nSPS) is 10.8. The number of benzene rings is 2. The maximum atomic E-state index is 13.3. The van der Waals surface area contributed by atoms with Crippen molar-refractivity contribution in [1.82, 2.24) is 9.62 Å². The predicted octanol–water partition coefficient (Wildman–Crippen LogP) is 1.94. The molecule has 9 heteroatoms. The summed E-state index contributed by atoms with van der Waals surface area (Å²) in [6, 6.07) is 11.0. The van der Waals surface area contributed by atoms with Gasteiger partial charge in [-0.2, -0.15) is 4.72 Å². The Kier molecular flexibility index (Phi) is 8.09. The number of hydrogen-bond acceptors (Lipinski definition) is 5. The highest BCUT2D eigenvalue weighted by Crippen LogP contribution is 2.13. The molecule has 0 spiro atoms. The Morgan fingerprint density at radius 2 is 1.93 bits per heavy atom. The van der Waals surface area contributed by atoms with Gasteiger partial charge in [0.15, 0.2) is 6.61 Å². The van der Waals surface area contributed by atoms with Crippen LogP contribution in [0.5, 0.6) is 0 Å². The molecule has 0 bridgehead atoms. The summed E-state index contributed by atoms with van der Waals surface area (Å²) in [7, 11) is -3.87. The summed E-state index contributed by atoms with van der Waals surface area (Å²) in [6.45, 7) is 1.52. The second-order valence-electron chi connectivity index (χ2n) is 6.17. The van der Waals surface area contributed by atoms with E-state index in [1.54, 1.807) is 19.1 Å². The third-order valence-corrected chi connectivity index (χ3v) is 5.47. The fourth-order valence-electron chi connectivity index (χ4n) is 2.54. The molecule has 0 aromatic heterocycles. The number of nitrogens with zero attached hydrogens (tertiary/aromatic N) is 1. The summed E-state index contributed by atoms with van der Waals surface area (Å²) < 4.78 is 44.8. The van der Waals surface area contributed by atoms with Gasteiger partial charge in [-0.15, -0.1) is 6.42 Å². The summed E-state index contributed by atoms with van der Waals surface area (Å²) >= 11 is 0. The van der Waals surface area contributed by atoms with Gasteiger partial charge in [-0.1, -0.05) is 24.1 Å². The third kappa shape index (κ3) is 6.40. The lowest BCUT2D eigenvalue weighted by Gasteiger charge is -2.21. The minimum atomic E-state index is -3.87. The first-order valence-corrected chi connectivity index (χ1v) is 10.5. The average molecular weight is 432 g/mol. The van der Waals surface area contributed by atoms with E-state index in [4.69, 9.17) is 11.2 Å². The van der Waals surface area contributed by atoms with Gasteiger partial charge in [0.25, 0.3) is 5.91 Å². The SMILES string of the molecule is C#CCNS(=O)(=O)c1cccc(C(=O)OCC(=O)N(CC)Cc2cccc(F)c2)c1. The van der Waals surface area contributed by atoms with Crippen molar-refractivity contribution in [3.63, 3.8) is 0 Å².